The van der Waals surface area contributed by atoms with E-state index in [2.05, 4.69) is 4.90 Å². The first-order chi connectivity index (χ1) is 6.77. The molecule has 1 fully saturated rings. The fourth-order valence-corrected chi connectivity index (χ4v) is 1.96. The Labute approximate surface area is 88.5 Å². The molecule has 0 unspecified atom stereocenters. The number of benzene rings is 1. The molecule has 0 aliphatic carbocycles. The van der Waals surface area contributed by atoms with E-state index in [0.717, 1.165) is 23.8 Å². The maximum Gasteiger partial charge on any atom is 0.136 e. The van der Waals surface area contributed by atoms with Gasteiger partial charge in [-0.1, -0.05) is 23.7 Å². The second-order valence-electron chi connectivity index (χ2n) is 3.48. The fourth-order valence-electron chi connectivity index (χ4n) is 1.71. The third kappa shape index (κ3) is 1.90. The van der Waals surface area contributed by atoms with Crippen LogP contribution in [-0.2, 0) is 4.79 Å². The Bertz CT molecular complexity index is 341. The number of ketones is 1. The second kappa shape index (κ2) is 4.01. The highest BCUT2D eigenvalue weighted by molar-refractivity contribution is 6.33. The van der Waals surface area contributed by atoms with Crippen LogP contribution in [0.15, 0.2) is 24.3 Å². The topological polar surface area (TPSA) is 20.3 Å². The van der Waals surface area contributed by atoms with E-state index in [-0.39, 0.29) is 0 Å². The maximum absolute atomic E-state index is 11.1. The summed E-state index contributed by atoms with van der Waals surface area (Å²) in [5.74, 6) is 0.355. The van der Waals surface area contributed by atoms with Crippen molar-refractivity contribution in [2.75, 3.05) is 18.0 Å². The van der Waals surface area contributed by atoms with Crippen LogP contribution in [0.4, 0.5) is 5.69 Å². The molecule has 0 amide bonds. The molecule has 1 aromatic carbocycles. The van der Waals surface area contributed by atoms with Crippen LogP contribution in [0, 0.1) is 0 Å². The van der Waals surface area contributed by atoms with E-state index in [1.807, 2.05) is 24.3 Å². The second-order valence-corrected chi connectivity index (χ2v) is 3.88. The molecule has 3 heteroatoms. The highest BCUT2D eigenvalue weighted by atomic mass is 35.5. The smallest absolute Gasteiger partial charge is 0.136 e. The lowest BCUT2D eigenvalue weighted by atomic mass is 10.1. The molecule has 14 heavy (non-hydrogen) atoms. The largest absolute Gasteiger partial charge is 0.369 e. The molecule has 1 heterocycles. The Kier molecular flexibility index (Phi) is 2.73. The molecule has 2 nitrogen and oxygen atoms in total. The third-order valence-electron chi connectivity index (χ3n) is 2.51. The average molecular weight is 210 g/mol. The van der Waals surface area contributed by atoms with Crippen LogP contribution in [0.25, 0.3) is 0 Å². The molecule has 0 saturated carbocycles. The minimum absolute atomic E-state index is 0.355. The number of piperidine rings is 1. The molecule has 0 bridgehead atoms. The Morgan fingerprint density at radius 1 is 1.14 bits per heavy atom. The molecule has 0 aromatic heterocycles. The first-order valence-corrected chi connectivity index (χ1v) is 5.16. The van der Waals surface area contributed by atoms with Crippen molar-refractivity contribution < 1.29 is 4.79 Å². The van der Waals surface area contributed by atoms with Crippen LogP contribution < -0.4 is 4.90 Å². The standard InChI is InChI=1S/C11H12ClNO/c12-10-3-1-2-4-11(10)13-7-5-9(14)6-8-13/h1-4H,5-8H2. The summed E-state index contributed by atoms with van der Waals surface area (Å²) >= 11 is 6.07. The molecule has 1 aliphatic rings. The van der Waals surface area contributed by atoms with E-state index in [1.165, 1.54) is 0 Å². The number of hydrogen-bond donors (Lipinski definition) is 0. The predicted molar refractivity (Wildman–Crippen MR) is 57.9 cm³/mol. The molecule has 1 aromatic rings. The van der Waals surface area contributed by atoms with Gasteiger partial charge >= 0.3 is 0 Å². The van der Waals surface area contributed by atoms with Gasteiger partial charge in [-0.2, -0.15) is 0 Å². The van der Waals surface area contributed by atoms with Crippen molar-refractivity contribution in [3.05, 3.63) is 29.3 Å². The first-order valence-electron chi connectivity index (χ1n) is 4.78. The Hall–Kier alpha value is -1.02. The Balaban J connectivity index is 2.16. The average Bonchev–Trinajstić information content (AvgIpc) is 2.20. The van der Waals surface area contributed by atoms with Gasteiger partial charge in [-0.25, -0.2) is 0 Å². The van der Waals surface area contributed by atoms with Crippen molar-refractivity contribution in [1.82, 2.24) is 0 Å². The monoisotopic (exact) mass is 209 g/mol. The number of Topliss-reactive ketones (excluding diaryl/α,β-unsaturated/α-hetero) is 1. The van der Waals surface area contributed by atoms with Crippen LogP contribution in [-0.4, -0.2) is 18.9 Å². The number of para-hydroxylation sites is 1. The first kappa shape index (κ1) is 9.53. The molecule has 74 valence electrons. The minimum Gasteiger partial charge on any atom is -0.369 e. The van der Waals surface area contributed by atoms with Crippen molar-refractivity contribution in [2.24, 2.45) is 0 Å². The molecular weight excluding hydrogens is 198 g/mol. The molecule has 2 rings (SSSR count). The van der Waals surface area contributed by atoms with E-state index >= 15 is 0 Å². The van der Waals surface area contributed by atoms with E-state index in [0.29, 0.717) is 18.6 Å². The quantitative estimate of drug-likeness (QED) is 0.709. The zero-order valence-corrected chi connectivity index (χ0v) is 8.63. The van der Waals surface area contributed by atoms with Gasteiger partial charge in [-0.05, 0) is 12.1 Å². The number of nitrogens with zero attached hydrogens (tertiary/aromatic N) is 1. The molecule has 0 radical (unpaired) electrons. The number of anilines is 1. The molecule has 0 atom stereocenters. The van der Waals surface area contributed by atoms with Crippen molar-refractivity contribution in [3.8, 4) is 0 Å². The van der Waals surface area contributed by atoms with Gasteiger partial charge < -0.3 is 4.90 Å². The van der Waals surface area contributed by atoms with Gasteiger partial charge in [0.1, 0.15) is 5.78 Å². The summed E-state index contributed by atoms with van der Waals surface area (Å²) in [6.45, 7) is 1.59. The maximum atomic E-state index is 11.1. The lowest BCUT2D eigenvalue weighted by molar-refractivity contribution is -0.119. The molecule has 1 saturated heterocycles. The Morgan fingerprint density at radius 2 is 1.79 bits per heavy atom. The number of carbonyl (C=O) groups is 1. The van der Waals surface area contributed by atoms with Crippen molar-refractivity contribution in [2.45, 2.75) is 12.8 Å². The van der Waals surface area contributed by atoms with E-state index < -0.39 is 0 Å². The number of hydrogen-bond acceptors (Lipinski definition) is 2. The normalized spacial score (nSPS) is 17.2. The molecule has 1 aliphatic heterocycles. The summed E-state index contributed by atoms with van der Waals surface area (Å²) in [5, 5.41) is 0.766. The lowest BCUT2D eigenvalue weighted by Gasteiger charge is -2.28. The van der Waals surface area contributed by atoms with Crippen molar-refractivity contribution >= 4 is 23.1 Å². The lowest BCUT2D eigenvalue weighted by Crippen LogP contribution is -2.33. The fraction of sp³-hybridized carbons (Fsp3) is 0.364. The van der Waals surface area contributed by atoms with Gasteiger partial charge in [0.2, 0.25) is 0 Å². The molecule has 0 N–H and O–H groups in total. The van der Waals surface area contributed by atoms with Crippen LogP contribution >= 0.6 is 11.6 Å². The SMILES string of the molecule is O=C1CCN(c2ccccc2Cl)CC1. The Morgan fingerprint density at radius 3 is 2.43 bits per heavy atom. The summed E-state index contributed by atoms with van der Waals surface area (Å²) in [4.78, 5) is 13.2. The predicted octanol–water partition coefficient (Wildman–Crippen LogP) is 2.51. The summed E-state index contributed by atoms with van der Waals surface area (Å²) in [5.41, 5.74) is 1.04. The minimum atomic E-state index is 0.355. The summed E-state index contributed by atoms with van der Waals surface area (Å²) in [6, 6.07) is 7.77. The highest BCUT2D eigenvalue weighted by Gasteiger charge is 2.17. The van der Waals surface area contributed by atoms with Crippen LogP contribution in [0.3, 0.4) is 0 Å². The van der Waals surface area contributed by atoms with Crippen molar-refractivity contribution in [1.29, 1.82) is 0 Å². The van der Waals surface area contributed by atoms with Gasteiger partial charge in [0.05, 0.1) is 10.7 Å². The summed E-state index contributed by atoms with van der Waals surface area (Å²) in [6.07, 6.45) is 1.29. The van der Waals surface area contributed by atoms with Crippen LogP contribution in [0.5, 0.6) is 0 Å². The van der Waals surface area contributed by atoms with Crippen molar-refractivity contribution in [3.63, 3.8) is 0 Å². The third-order valence-corrected chi connectivity index (χ3v) is 2.83. The van der Waals surface area contributed by atoms with Gasteiger partial charge in [0, 0.05) is 25.9 Å². The number of carbonyl (C=O) groups excluding carboxylic acids is 1. The number of halogens is 1. The van der Waals surface area contributed by atoms with Crippen LogP contribution in [0.1, 0.15) is 12.8 Å². The van der Waals surface area contributed by atoms with Gasteiger partial charge in [0.15, 0.2) is 0 Å². The number of rotatable bonds is 1. The zero-order valence-electron chi connectivity index (χ0n) is 7.87. The van der Waals surface area contributed by atoms with Crippen LogP contribution in [0.2, 0.25) is 5.02 Å². The van der Waals surface area contributed by atoms with Gasteiger partial charge in [-0.15, -0.1) is 0 Å². The van der Waals surface area contributed by atoms with E-state index in [1.54, 1.807) is 0 Å². The van der Waals surface area contributed by atoms with E-state index in [9.17, 15) is 4.79 Å². The van der Waals surface area contributed by atoms with Gasteiger partial charge in [0.25, 0.3) is 0 Å². The summed E-state index contributed by atoms with van der Waals surface area (Å²) in [7, 11) is 0. The molecule has 0 spiro atoms. The highest BCUT2D eigenvalue weighted by Crippen LogP contribution is 2.26. The molecular formula is C11H12ClNO. The van der Waals surface area contributed by atoms with E-state index in [4.69, 9.17) is 11.6 Å². The zero-order chi connectivity index (χ0) is 9.97. The summed E-state index contributed by atoms with van der Waals surface area (Å²) < 4.78 is 0. The van der Waals surface area contributed by atoms with Gasteiger partial charge in [-0.3, -0.25) is 4.79 Å².